The van der Waals surface area contributed by atoms with Crippen molar-refractivity contribution in [3.05, 3.63) is 99.2 Å². The third-order valence-corrected chi connectivity index (χ3v) is 8.17. The standard InChI is InChI=1S/C35H30ClNO7/c1-19(38)42-33-30-27(44-35(2,3)34(33)43-28(39)14-13-20-9-8-12-23(36)15-20)18-26(41-5)29-31(30)37(4)25-17-22-11-7-6-10-21(22)16-24(25)32(29)40/h6-18,33-34H,1-5H3/b14-13+/t33-,34-/m1/s1. The lowest BCUT2D eigenvalue weighted by Crippen LogP contribution is -2.52. The number of hydrogen-bond donors (Lipinski definition) is 0. The summed E-state index contributed by atoms with van der Waals surface area (Å²) in [6.45, 7) is 4.77. The van der Waals surface area contributed by atoms with Crippen LogP contribution in [0.2, 0.25) is 5.02 Å². The fourth-order valence-corrected chi connectivity index (χ4v) is 6.17. The molecule has 1 aliphatic rings. The first-order chi connectivity index (χ1) is 21.0. The van der Waals surface area contributed by atoms with Gasteiger partial charge in [0.15, 0.2) is 12.2 Å². The molecule has 0 bridgehead atoms. The maximum absolute atomic E-state index is 14.2. The number of ether oxygens (including phenoxy) is 4. The first-order valence-electron chi connectivity index (χ1n) is 14.0. The molecule has 0 N–H and O–H groups in total. The molecule has 0 radical (unpaired) electrons. The second-order valence-electron chi connectivity index (χ2n) is 11.3. The van der Waals surface area contributed by atoms with Crippen LogP contribution in [0.15, 0.2) is 77.6 Å². The first-order valence-corrected chi connectivity index (χ1v) is 14.4. The van der Waals surface area contributed by atoms with Crippen LogP contribution in [0.4, 0.5) is 0 Å². The fourth-order valence-electron chi connectivity index (χ4n) is 5.97. The predicted octanol–water partition coefficient (Wildman–Crippen LogP) is 6.91. The van der Waals surface area contributed by atoms with Crippen LogP contribution >= 0.6 is 11.6 Å². The Bertz CT molecular complexity index is 2080. The number of aromatic nitrogens is 1. The summed E-state index contributed by atoms with van der Waals surface area (Å²) in [4.78, 5) is 39.9. The summed E-state index contributed by atoms with van der Waals surface area (Å²) in [6, 6.07) is 20.2. The minimum absolute atomic E-state index is 0.247. The van der Waals surface area contributed by atoms with Crippen molar-refractivity contribution in [2.75, 3.05) is 7.11 Å². The van der Waals surface area contributed by atoms with E-state index in [9.17, 15) is 14.4 Å². The monoisotopic (exact) mass is 611 g/mol. The van der Waals surface area contributed by atoms with Gasteiger partial charge in [-0.05, 0) is 60.5 Å². The molecular formula is C35H30ClNO7. The molecule has 224 valence electrons. The summed E-state index contributed by atoms with van der Waals surface area (Å²) in [5, 5.41) is 3.21. The number of carbonyl (C=O) groups is 2. The van der Waals surface area contributed by atoms with Crippen LogP contribution in [-0.4, -0.2) is 35.3 Å². The minimum atomic E-state index is -1.14. The zero-order valence-electron chi connectivity index (χ0n) is 24.8. The highest BCUT2D eigenvalue weighted by Gasteiger charge is 2.50. The van der Waals surface area contributed by atoms with Crippen molar-refractivity contribution in [3.8, 4) is 11.5 Å². The van der Waals surface area contributed by atoms with Gasteiger partial charge in [-0.3, -0.25) is 9.59 Å². The van der Waals surface area contributed by atoms with E-state index in [1.54, 1.807) is 50.3 Å². The predicted molar refractivity (Wildman–Crippen MR) is 170 cm³/mol. The number of aryl methyl sites for hydroxylation is 1. The Kier molecular flexibility index (Phi) is 7.33. The lowest BCUT2D eigenvalue weighted by Gasteiger charge is -2.43. The number of benzene rings is 4. The number of nitrogens with zero attached hydrogens (tertiary/aromatic N) is 1. The van der Waals surface area contributed by atoms with E-state index >= 15 is 0 Å². The molecule has 0 unspecified atom stereocenters. The third kappa shape index (κ3) is 5.05. The molecule has 1 aromatic heterocycles. The van der Waals surface area contributed by atoms with E-state index in [1.807, 2.05) is 48.0 Å². The highest BCUT2D eigenvalue weighted by atomic mass is 35.5. The Morgan fingerprint density at radius 1 is 1.00 bits per heavy atom. The third-order valence-electron chi connectivity index (χ3n) is 7.93. The van der Waals surface area contributed by atoms with Gasteiger partial charge < -0.3 is 23.5 Å². The molecule has 0 aliphatic carbocycles. The van der Waals surface area contributed by atoms with Crippen LogP contribution in [0.5, 0.6) is 11.5 Å². The summed E-state index contributed by atoms with van der Waals surface area (Å²) in [5.74, 6) is -0.597. The van der Waals surface area contributed by atoms with E-state index in [1.165, 1.54) is 20.1 Å². The number of esters is 2. The number of methoxy groups -OCH3 is 1. The summed E-state index contributed by atoms with van der Waals surface area (Å²) >= 11 is 6.08. The molecule has 1 aliphatic heterocycles. The van der Waals surface area contributed by atoms with Crippen molar-refractivity contribution in [2.45, 2.75) is 38.6 Å². The Labute approximate surface area is 258 Å². The van der Waals surface area contributed by atoms with E-state index in [0.717, 1.165) is 10.8 Å². The second-order valence-corrected chi connectivity index (χ2v) is 11.7. The number of fused-ring (bicyclic) bond motifs is 5. The molecule has 0 fully saturated rings. The zero-order chi connectivity index (χ0) is 31.3. The second kappa shape index (κ2) is 11.0. The number of hydrogen-bond acceptors (Lipinski definition) is 7. The van der Waals surface area contributed by atoms with Crippen molar-refractivity contribution < 1.29 is 28.5 Å². The first kappa shape index (κ1) is 29.3. The Balaban J connectivity index is 1.57. The van der Waals surface area contributed by atoms with Crippen molar-refractivity contribution in [2.24, 2.45) is 7.05 Å². The van der Waals surface area contributed by atoms with Crippen molar-refractivity contribution in [1.29, 1.82) is 0 Å². The summed E-state index contributed by atoms with van der Waals surface area (Å²) in [5.41, 5.74) is 0.843. The minimum Gasteiger partial charge on any atom is -0.496 e. The maximum Gasteiger partial charge on any atom is 0.331 e. The molecule has 2 heterocycles. The van der Waals surface area contributed by atoms with Gasteiger partial charge in [0, 0.05) is 36.5 Å². The molecule has 0 saturated carbocycles. The molecule has 0 spiro atoms. The SMILES string of the molecule is COc1cc2c(c3c1c(=O)c1cc4ccccc4cc1n3C)[C@@H](OC(C)=O)[C@@H](OC(=O)/C=C/c1cccc(Cl)c1)C(C)(C)O2. The number of halogens is 1. The van der Waals surface area contributed by atoms with Crippen molar-refractivity contribution >= 4 is 62.2 Å². The van der Waals surface area contributed by atoms with E-state index < -0.39 is 29.7 Å². The van der Waals surface area contributed by atoms with Crippen LogP contribution < -0.4 is 14.9 Å². The molecule has 0 amide bonds. The summed E-state index contributed by atoms with van der Waals surface area (Å²) in [6.07, 6.45) is 0.684. The Morgan fingerprint density at radius 3 is 2.41 bits per heavy atom. The fraction of sp³-hybridized carbons (Fsp3) is 0.229. The topological polar surface area (TPSA) is 93.1 Å². The Hall–Kier alpha value is -4.82. The van der Waals surface area contributed by atoms with Gasteiger partial charge in [0.1, 0.15) is 17.1 Å². The normalized spacial score (nSPS) is 17.4. The average Bonchev–Trinajstić information content (AvgIpc) is 2.98. The highest BCUT2D eigenvalue weighted by Crippen LogP contribution is 2.49. The highest BCUT2D eigenvalue weighted by molar-refractivity contribution is 6.30. The van der Waals surface area contributed by atoms with Crippen LogP contribution in [0.3, 0.4) is 0 Å². The van der Waals surface area contributed by atoms with E-state index in [4.69, 9.17) is 30.5 Å². The van der Waals surface area contributed by atoms with Crippen LogP contribution in [-0.2, 0) is 26.1 Å². The molecular weight excluding hydrogens is 582 g/mol. The molecule has 5 aromatic rings. The zero-order valence-corrected chi connectivity index (χ0v) is 25.6. The van der Waals surface area contributed by atoms with Gasteiger partial charge in [-0.1, -0.05) is 48.0 Å². The Morgan fingerprint density at radius 2 is 1.73 bits per heavy atom. The summed E-state index contributed by atoms with van der Waals surface area (Å²) < 4.78 is 25.9. The van der Waals surface area contributed by atoms with E-state index in [2.05, 4.69) is 0 Å². The number of carbonyl (C=O) groups excluding carboxylic acids is 2. The van der Waals surface area contributed by atoms with E-state index in [0.29, 0.717) is 49.5 Å². The van der Waals surface area contributed by atoms with Gasteiger partial charge in [0.25, 0.3) is 0 Å². The van der Waals surface area contributed by atoms with Gasteiger partial charge in [-0.15, -0.1) is 0 Å². The average molecular weight is 612 g/mol. The molecule has 8 nitrogen and oxygen atoms in total. The van der Waals surface area contributed by atoms with Gasteiger partial charge in [-0.25, -0.2) is 4.79 Å². The number of pyridine rings is 1. The lowest BCUT2D eigenvalue weighted by molar-refractivity contribution is -0.185. The summed E-state index contributed by atoms with van der Waals surface area (Å²) in [7, 11) is 3.32. The molecule has 9 heteroatoms. The molecule has 0 saturated heterocycles. The van der Waals surface area contributed by atoms with Gasteiger partial charge in [0.05, 0.1) is 29.1 Å². The molecule has 4 aromatic carbocycles. The van der Waals surface area contributed by atoms with Gasteiger partial charge >= 0.3 is 11.9 Å². The smallest absolute Gasteiger partial charge is 0.331 e. The van der Waals surface area contributed by atoms with Crippen LogP contribution in [0, 0.1) is 0 Å². The van der Waals surface area contributed by atoms with Gasteiger partial charge in [0.2, 0.25) is 5.43 Å². The van der Waals surface area contributed by atoms with Crippen LogP contribution in [0.25, 0.3) is 38.7 Å². The maximum atomic E-state index is 14.2. The molecule has 2 atom stereocenters. The largest absolute Gasteiger partial charge is 0.496 e. The van der Waals surface area contributed by atoms with E-state index in [-0.39, 0.29) is 5.43 Å². The van der Waals surface area contributed by atoms with Crippen LogP contribution in [0.1, 0.15) is 38.0 Å². The van der Waals surface area contributed by atoms with Crippen molar-refractivity contribution in [3.63, 3.8) is 0 Å². The quantitative estimate of drug-likeness (QED) is 0.121. The number of rotatable bonds is 5. The van der Waals surface area contributed by atoms with Crippen molar-refractivity contribution in [1.82, 2.24) is 4.57 Å². The molecule has 6 rings (SSSR count). The lowest BCUT2D eigenvalue weighted by atomic mass is 9.86. The van der Waals surface area contributed by atoms with Gasteiger partial charge in [-0.2, -0.15) is 0 Å². The molecule has 44 heavy (non-hydrogen) atoms.